The molecule has 7 nitrogen and oxygen atoms in total. The zero-order valence-corrected chi connectivity index (χ0v) is 17.7. The van der Waals surface area contributed by atoms with E-state index in [1.54, 1.807) is 62.4 Å². The van der Waals surface area contributed by atoms with Crippen molar-refractivity contribution in [3.63, 3.8) is 0 Å². The molecule has 0 heterocycles. The molecule has 162 valence electrons. The normalized spacial score (nSPS) is 11.0. The lowest BCUT2D eigenvalue weighted by Crippen LogP contribution is -2.15. The summed E-state index contributed by atoms with van der Waals surface area (Å²) in [5, 5.41) is 14.0. The number of esters is 1. The van der Waals surface area contributed by atoms with Gasteiger partial charge in [-0.3, -0.25) is 14.9 Å². The van der Waals surface area contributed by atoms with Crippen LogP contribution >= 0.6 is 0 Å². The van der Waals surface area contributed by atoms with Crippen LogP contribution in [0.5, 0.6) is 0 Å². The molecule has 0 fully saturated rings. The average molecular weight is 430 g/mol. The van der Waals surface area contributed by atoms with Gasteiger partial charge in [0.1, 0.15) is 0 Å². The number of nitro groups is 1. The van der Waals surface area contributed by atoms with Crippen molar-refractivity contribution in [3.8, 4) is 0 Å². The van der Waals surface area contributed by atoms with Crippen LogP contribution in [0, 0.1) is 17.0 Å². The second-order valence-electron chi connectivity index (χ2n) is 6.98. The van der Waals surface area contributed by atoms with Gasteiger partial charge < -0.3 is 10.1 Å². The third-order valence-corrected chi connectivity index (χ3v) is 4.71. The number of anilines is 1. The maximum atomic E-state index is 13.2. The Bertz CT molecular complexity index is 1190. The highest BCUT2D eigenvalue weighted by Crippen LogP contribution is 2.24. The van der Waals surface area contributed by atoms with Crippen molar-refractivity contribution in [2.24, 2.45) is 0 Å². The van der Waals surface area contributed by atoms with E-state index in [9.17, 15) is 19.7 Å². The van der Waals surface area contributed by atoms with Gasteiger partial charge in [0.2, 0.25) is 0 Å². The second-order valence-corrected chi connectivity index (χ2v) is 6.98. The SMILES string of the molecule is CCOC(=O)c1ccc(NC(=O)/C(=C/c2cccc([N+](=O)[O-])c2)c2ccccc2)c(C)c1. The van der Waals surface area contributed by atoms with Gasteiger partial charge >= 0.3 is 5.97 Å². The molecule has 1 N–H and O–H groups in total. The van der Waals surface area contributed by atoms with Crippen LogP contribution in [0.1, 0.15) is 34.0 Å². The van der Waals surface area contributed by atoms with Crippen molar-refractivity contribution in [2.75, 3.05) is 11.9 Å². The molecule has 1 amide bonds. The molecule has 0 bridgehead atoms. The van der Waals surface area contributed by atoms with Crippen molar-refractivity contribution in [1.82, 2.24) is 0 Å². The molecule has 0 saturated heterocycles. The number of benzene rings is 3. The van der Waals surface area contributed by atoms with Crippen LogP contribution in [0.15, 0.2) is 72.8 Å². The maximum Gasteiger partial charge on any atom is 0.338 e. The van der Waals surface area contributed by atoms with Crippen LogP contribution in [0.3, 0.4) is 0 Å². The summed E-state index contributed by atoms with van der Waals surface area (Å²) in [4.78, 5) is 35.8. The van der Waals surface area contributed by atoms with Gasteiger partial charge in [0.25, 0.3) is 11.6 Å². The van der Waals surface area contributed by atoms with Crippen LogP contribution < -0.4 is 5.32 Å². The van der Waals surface area contributed by atoms with E-state index < -0.39 is 10.9 Å². The van der Waals surface area contributed by atoms with Crippen LogP contribution in [-0.2, 0) is 9.53 Å². The van der Waals surface area contributed by atoms with E-state index in [0.717, 1.165) is 0 Å². The van der Waals surface area contributed by atoms with Crippen molar-refractivity contribution in [1.29, 1.82) is 0 Å². The quantitative estimate of drug-likeness (QED) is 0.181. The first-order valence-electron chi connectivity index (χ1n) is 9.99. The summed E-state index contributed by atoms with van der Waals surface area (Å²) in [6, 6.07) is 20.0. The summed E-state index contributed by atoms with van der Waals surface area (Å²) in [5.74, 6) is -0.807. The van der Waals surface area contributed by atoms with Gasteiger partial charge in [-0.15, -0.1) is 0 Å². The van der Waals surface area contributed by atoms with Gasteiger partial charge in [0.15, 0.2) is 0 Å². The number of nitro benzene ring substituents is 1. The number of hydrogen-bond donors (Lipinski definition) is 1. The summed E-state index contributed by atoms with van der Waals surface area (Å²) in [5.41, 5.74) is 3.13. The lowest BCUT2D eigenvalue weighted by atomic mass is 10.0. The summed E-state index contributed by atoms with van der Waals surface area (Å²) >= 11 is 0. The molecule has 3 aromatic rings. The summed E-state index contributed by atoms with van der Waals surface area (Å²) in [7, 11) is 0. The lowest BCUT2D eigenvalue weighted by Gasteiger charge is -2.13. The molecule has 0 saturated carbocycles. The van der Waals surface area contributed by atoms with Crippen molar-refractivity contribution < 1.29 is 19.2 Å². The minimum atomic E-state index is -0.478. The Kier molecular flexibility index (Phi) is 7.13. The lowest BCUT2D eigenvalue weighted by molar-refractivity contribution is -0.384. The Labute approximate surface area is 185 Å². The Morgan fingerprint density at radius 2 is 1.75 bits per heavy atom. The third kappa shape index (κ3) is 5.46. The van der Waals surface area contributed by atoms with Gasteiger partial charge in [0.05, 0.1) is 17.1 Å². The smallest absolute Gasteiger partial charge is 0.338 e. The molecule has 0 spiro atoms. The minimum Gasteiger partial charge on any atom is -0.462 e. The molecule has 0 aliphatic heterocycles. The molecule has 0 aliphatic carbocycles. The van der Waals surface area contributed by atoms with Gasteiger partial charge in [-0.25, -0.2) is 4.79 Å². The molecule has 3 aromatic carbocycles. The predicted molar refractivity (Wildman–Crippen MR) is 123 cm³/mol. The van der Waals surface area contributed by atoms with Crippen LogP contribution in [0.4, 0.5) is 11.4 Å². The van der Waals surface area contributed by atoms with Gasteiger partial charge in [0, 0.05) is 23.4 Å². The number of carbonyl (C=O) groups excluding carboxylic acids is 2. The van der Waals surface area contributed by atoms with Crippen LogP contribution in [0.2, 0.25) is 0 Å². The van der Waals surface area contributed by atoms with Crippen molar-refractivity contribution in [3.05, 3.63) is 105 Å². The molecule has 0 unspecified atom stereocenters. The van der Waals surface area contributed by atoms with E-state index in [0.29, 0.717) is 33.5 Å². The third-order valence-electron chi connectivity index (χ3n) is 4.71. The van der Waals surface area contributed by atoms with E-state index in [-0.39, 0.29) is 18.2 Å². The Morgan fingerprint density at radius 3 is 2.41 bits per heavy atom. The van der Waals surface area contributed by atoms with Crippen LogP contribution in [-0.4, -0.2) is 23.4 Å². The van der Waals surface area contributed by atoms with E-state index in [4.69, 9.17) is 4.74 Å². The first kappa shape index (κ1) is 22.4. The molecule has 32 heavy (non-hydrogen) atoms. The molecule has 3 rings (SSSR count). The highest BCUT2D eigenvalue weighted by Gasteiger charge is 2.16. The Balaban J connectivity index is 1.94. The zero-order chi connectivity index (χ0) is 23.1. The predicted octanol–water partition coefficient (Wildman–Crippen LogP) is 5.26. The minimum absolute atomic E-state index is 0.0584. The van der Waals surface area contributed by atoms with Gasteiger partial charge in [-0.05, 0) is 54.8 Å². The van der Waals surface area contributed by atoms with Gasteiger partial charge in [-0.2, -0.15) is 0 Å². The molecule has 0 atom stereocenters. The number of hydrogen-bond acceptors (Lipinski definition) is 5. The number of rotatable bonds is 7. The number of non-ortho nitro benzene ring substituents is 1. The highest BCUT2D eigenvalue weighted by molar-refractivity contribution is 6.29. The topological polar surface area (TPSA) is 98.5 Å². The monoisotopic (exact) mass is 430 g/mol. The van der Waals surface area contributed by atoms with E-state index in [2.05, 4.69) is 5.32 Å². The molecular formula is C25H22N2O5. The largest absolute Gasteiger partial charge is 0.462 e. The fourth-order valence-corrected chi connectivity index (χ4v) is 3.13. The first-order valence-corrected chi connectivity index (χ1v) is 9.99. The molecule has 0 aromatic heterocycles. The molecule has 0 radical (unpaired) electrons. The summed E-state index contributed by atoms with van der Waals surface area (Å²) in [6.45, 7) is 3.79. The molecule has 0 aliphatic rings. The molecule has 7 heteroatoms. The fourth-order valence-electron chi connectivity index (χ4n) is 3.13. The fraction of sp³-hybridized carbons (Fsp3) is 0.120. The zero-order valence-electron chi connectivity index (χ0n) is 17.7. The Morgan fingerprint density at radius 1 is 1.00 bits per heavy atom. The second kappa shape index (κ2) is 10.2. The first-order chi connectivity index (χ1) is 15.4. The number of ether oxygens (including phenoxy) is 1. The Hall–Kier alpha value is -4.26. The van der Waals surface area contributed by atoms with E-state index in [1.807, 2.05) is 18.2 Å². The summed E-state index contributed by atoms with van der Waals surface area (Å²) < 4.78 is 5.01. The average Bonchev–Trinajstić information content (AvgIpc) is 2.79. The summed E-state index contributed by atoms with van der Waals surface area (Å²) in [6.07, 6.45) is 1.61. The van der Waals surface area contributed by atoms with Gasteiger partial charge in [-0.1, -0.05) is 42.5 Å². The van der Waals surface area contributed by atoms with Crippen molar-refractivity contribution >= 4 is 34.9 Å². The standard InChI is InChI=1S/C25H22N2O5/c1-3-32-25(29)20-12-13-23(17(2)14-20)26-24(28)22(19-9-5-4-6-10-19)16-18-8-7-11-21(15-18)27(30)31/h4-16H,3H2,1-2H3,(H,26,28)/b22-16+. The number of nitrogens with zero attached hydrogens (tertiary/aromatic N) is 1. The number of amides is 1. The van der Waals surface area contributed by atoms with E-state index in [1.165, 1.54) is 12.1 Å². The molecular weight excluding hydrogens is 408 g/mol. The maximum absolute atomic E-state index is 13.2. The highest BCUT2D eigenvalue weighted by atomic mass is 16.6. The van der Waals surface area contributed by atoms with E-state index >= 15 is 0 Å². The number of nitrogens with one attached hydrogen (secondary N) is 1. The van der Waals surface area contributed by atoms with Crippen LogP contribution in [0.25, 0.3) is 11.6 Å². The number of aryl methyl sites for hydroxylation is 1. The number of carbonyl (C=O) groups is 2. The van der Waals surface area contributed by atoms with Crippen molar-refractivity contribution in [2.45, 2.75) is 13.8 Å².